The number of fused-ring (bicyclic) bond motifs is 1. The monoisotopic (exact) mass is 393 g/mol. The molecule has 0 radical (unpaired) electrons. The molecule has 28 heavy (non-hydrogen) atoms. The molecule has 0 bridgehead atoms. The molecule has 3 amide bonds. The standard InChI is InChI=1S/C19H27N3O6/c1-25-7-5-21(6-8-26-2)19(24)20-14-11-18(23)22(13-14)15-3-4-16-17(12-15)28-10-9-27-16/h3-4,12,14H,5-11,13H2,1-2H3,(H,20,24)/t14-/m0/s1. The Morgan fingerprint density at radius 1 is 1.18 bits per heavy atom. The maximum absolute atomic E-state index is 12.6. The molecule has 1 N–H and O–H groups in total. The van der Waals surface area contributed by atoms with Crippen LogP contribution in [0.4, 0.5) is 10.5 Å². The van der Waals surface area contributed by atoms with E-state index in [1.165, 1.54) is 0 Å². The van der Waals surface area contributed by atoms with Gasteiger partial charge in [0.1, 0.15) is 13.2 Å². The van der Waals surface area contributed by atoms with Crippen molar-refractivity contribution in [1.29, 1.82) is 0 Å². The van der Waals surface area contributed by atoms with Crippen molar-refractivity contribution in [3.8, 4) is 11.5 Å². The molecule has 0 aromatic heterocycles. The Labute approximate surface area is 164 Å². The van der Waals surface area contributed by atoms with Crippen molar-refractivity contribution in [1.82, 2.24) is 10.2 Å². The van der Waals surface area contributed by atoms with Gasteiger partial charge in [0.2, 0.25) is 5.91 Å². The van der Waals surface area contributed by atoms with E-state index in [1.807, 2.05) is 6.07 Å². The Balaban J connectivity index is 1.61. The molecule has 1 fully saturated rings. The third kappa shape index (κ3) is 4.85. The number of carbonyl (C=O) groups excluding carboxylic acids is 2. The molecule has 2 aliphatic rings. The van der Waals surface area contributed by atoms with Crippen molar-refractivity contribution >= 4 is 17.6 Å². The van der Waals surface area contributed by atoms with Crippen molar-refractivity contribution in [2.45, 2.75) is 12.5 Å². The van der Waals surface area contributed by atoms with Gasteiger partial charge in [-0.1, -0.05) is 0 Å². The summed E-state index contributed by atoms with van der Waals surface area (Å²) in [5.41, 5.74) is 0.738. The first-order valence-electron chi connectivity index (χ1n) is 9.35. The van der Waals surface area contributed by atoms with Gasteiger partial charge in [-0.05, 0) is 12.1 Å². The van der Waals surface area contributed by atoms with Gasteiger partial charge in [0.15, 0.2) is 11.5 Å². The molecular formula is C19H27N3O6. The molecule has 1 atom stereocenters. The zero-order valence-corrected chi connectivity index (χ0v) is 16.3. The topological polar surface area (TPSA) is 89.6 Å². The van der Waals surface area contributed by atoms with Gasteiger partial charge in [0.05, 0.1) is 19.3 Å². The minimum absolute atomic E-state index is 0.0395. The smallest absolute Gasteiger partial charge is 0.317 e. The average molecular weight is 393 g/mol. The number of anilines is 1. The number of urea groups is 1. The summed E-state index contributed by atoms with van der Waals surface area (Å²) in [4.78, 5) is 28.4. The van der Waals surface area contributed by atoms with E-state index in [9.17, 15) is 9.59 Å². The lowest BCUT2D eigenvalue weighted by Crippen LogP contribution is -2.47. The Morgan fingerprint density at radius 2 is 1.86 bits per heavy atom. The minimum Gasteiger partial charge on any atom is -0.486 e. The van der Waals surface area contributed by atoms with Crippen LogP contribution < -0.4 is 19.7 Å². The Bertz CT molecular complexity index is 690. The highest BCUT2D eigenvalue weighted by Gasteiger charge is 2.33. The third-order valence-corrected chi connectivity index (χ3v) is 4.71. The number of hydrogen-bond acceptors (Lipinski definition) is 6. The largest absolute Gasteiger partial charge is 0.486 e. The first-order chi connectivity index (χ1) is 13.6. The predicted molar refractivity (Wildman–Crippen MR) is 102 cm³/mol. The lowest BCUT2D eigenvalue weighted by Gasteiger charge is -2.25. The van der Waals surface area contributed by atoms with E-state index in [2.05, 4.69) is 5.32 Å². The van der Waals surface area contributed by atoms with E-state index in [0.717, 1.165) is 5.69 Å². The van der Waals surface area contributed by atoms with E-state index in [0.29, 0.717) is 57.6 Å². The van der Waals surface area contributed by atoms with Gasteiger partial charge in [-0.2, -0.15) is 0 Å². The molecule has 3 rings (SSSR count). The number of nitrogens with one attached hydrogen (secondary N) is 1. The van der Waals surface area contributed by atoms with Crippen molar-refractivity contribution in [2.24, 2.45) is 0 Å². The van der Waals surface area contributed by atoms with Crippen LogP contribution >= 0.6 is 0 Å². The number of benzene rings is 1. The summed E-state index contributed by atoms with van der Waals surface area (Å²) in [6, 6.07) is 4.95. The van der Waals surface area contributed by atoms with Crippen LogP contribution in [0.3, 0.4) is 0 Å². The van der Waals surface area contributed by atoms with E-state index < -0.39 is 0 Å². The first kappa shape index (κ1) is 20.2. The molecule has 154 valence electrons. The van der Waals surface area contributed by atoms with Gasteiger partial charge in [0.25, 0.3) is 0 Å². The summed E-state index contributed by atoms with van der Waals surface area (Å²) in [5, 5.41) is 2.95. The first-order valence-corrected chi connectivity index (χ1v) is 9.35. The molecule has 0 unspecified atom stereocenters. The molecule has 1 saturated heterocycles. The molecule has 0 spiro atoms. The second kappa shape index (κ2) is 9.61. The SMILES string of the molecule is COCCN(CCOC)C(=O)N[C@H]1CC(=O)N(c2ccc3c(c2)OCCO3)C1. The molecule has 1 aromatic carbocycles. The summed E-state index contributed by atoms with van der Waals surface area (Å²) in [5.74, 6) is 1.27. The van der Waals surface area contributed by atoms with Gasteiger partial charge < -0.3 is 34.1 Å². The summed E-state index contributed by atoms with van der Waals surface area (Å²) in [6.45, 7) is 3.20. The summed E-state index contributed by atoms with van der Waals surface area (Å²) >= 11 is 0. The van der Waals surface area contributed by atoms with Gasteiger partial charge in [-0.15, -0.1) is 0 Å². The number of amides is 3. The second-order valence-corrected chi connectivity index (χ2v) is 6.66. The number of methoxy groups -OCH3 is 2. The van der Waals surface area contributed by atoms with Crippen molar-refractivity contribution in [3.63, 3.8) is 0 Å². The van der Waals surface area contributed by atoms with Crippen molar-refractivity contribution in [3.05, 3.63) is 18.2 Å². The van der Waals surface area contributed by atoms with Gasteiger partial charge in [-0.3, -0.25) is 4.79 Å². The maximum Gasteiger partial charge on any atom is 0.317 e. The predicted octanol–water partition coefficient (Wildman–Crippen LogP) is 0.868. The summed E-state index contributed by atoms with van der Waals surface area (Å²) in [7, 11) is 3.18. The fourth-order valence-electron chi connectivity index (χ4n) is 3.24. The van der Waals surface area contributed by atoms with Gasteiger partial charge in [-0.25, -0.2) is 4.79 Å². The normalized spacial score (nSPS) is 18.3. The summed E-state index contributed by atoms with van der Waals surface area (Å²) < 4.78 is 21.2. The number of hydrogen-bond donors (Lipinski definition) is 1. The van der Waals surface area contributed by atoms with Gasteiger partial charge in [0, 0.05) is 52.0 Å². The quantitative estimate of drug-likeness (QED) is 0.705. The molecule has 1 aromatic rings. The van der Waals surface area contributed by atoms with Crippen LogP contribution in [-0.2, 0) is 14.3 Å². The lowest BCUT2D eigenvalue weighted by atomic mass is 10.2. The van der Waals surface area contributed by atoms with E-state index in [1.54, 1.807) is 36.2 Å². The van der Waals surface area contributed by atoms with Crippen LogP contribution in [0.15, 0.2) is 18.2 Å². The Hall–Kier alpha value is -2.52. The third-order valence-electron chi connectivity index (χ3n) is 4.71. The number of ether oxygens (including phenoxy) is 4. The highest BCUT2D eigenvalue weighted by atomic mass is 16.6. The highest BCUT2D eigenvalue weighted by molar-refractivity contribution is 5.97. The Kier molecular flexibility index (Phi) is 6.94. The van der Waals surface area contributed by atoms with E-state index in [4.69, 9.17) is 18.9 Å². The van der Waals surface area contributed by atoms with Crippen LogP contribution in [-0.4, -0.2) is 83.2 Å². The zero-order valence-electron chi connectivity index (χ0n) is 16.3. The molecule has 2 aliphatic heterocycles. The van der Waals surface area contributed by atoms with Crippen LogP contribution in [0.25, 0.3) is 0 Å². The minimum atomic E-state index is -0.263. The number of rotatable bonds is 8. The molecule has 9 nitrogen and oxygen atoms in total. The van der Waals surface area contributed by atoms with E-state index >= 15 is 0 Å². The molecular weight excluding hydrogens is 366 g/mol. The van der Waals surface area contributed by atoms with Crippen molar-refractivity contribution < 1.29 is 28.5 Å². The summed E-state index contributed by atoms with van der Waals surface area (Å²) in [6.07, 6.45) is 0.253. The van der Waals surface area contributed by atoms with Crippen LogP contribution in [0, 0.1) is 0 Å². The van der Waals surface area contributed by atoms with Gasteiger partial charge >= 0.3 is 6.03 Å². The fourth-order valence-corrected chi connectivity index (χ4v) is 3.24. The van der Waals surface area contributed by atoms with Crippen molar-refractivity contribution in [2.75, 3.05) is 65.2 Å². The molecule has 2 heterocycles. The molecule has 0 saturated carbocycles. The average Bonchev–Trinajstić information content (AvgIpc) is 3.07. The molecule has 0 aliphatic carbocycles. The fraction of sp³-hybridized carbons (Fsp3) is 0.579. The highest BCUT2D eigenvalue weighted by Crippen LogP contribution is 2.35. The maximum atomic E-state index is 12.6. The lowest BCUT2D eigenvalue weighted by molar-refractivity contribution is -0.117. The number of carbonyl (C=O) groups is 2. The Morgan fingerprint density at radius 3 is 2.54 bits per heavy atom. The van der Waals surface area contributed by atoms with Crippen LogP contribution in [0.1, 0.15) is 6.42 Å². The van der Waals surface area contributed by atoms with Crippen LogP contribution in [0.5, 0.6) is 11.5 Å². The van der Waals surface area contributed by atoms with E-state index in [-0.39, 0.29) is 24.4 Å². The second-order valence-electron chi connectivity index (χ2n) is 6.66. The van der Waals surface area contributed by atoms with Crippen LogP contribution in [0.2, 0.25) is 0 Å². The number of nitrogens with zero attached hydrogens (tertiary/aromatic N) is 2. The molecule has 9 heteroatoms. The zero-order chi connectivity index (χ0) is 19.9.